The SMILES string of the molecule is CN1CCN(Cc2cccc(-c3ccn4c(-c5cccc(Nc6cn[nH]n6)c5)cnc4c3)c2)CC1. The molecule has 0 saturated carbocycles. The summed E-state index contributed by atoms with van der Waals surface area (Å²) in [4.78, 5) is 9.64. The summed E-state index contributed by atoms with van der Waals surface area (Å²) in [5.41, 5.74) is 7.75. The molecule has 8 nitrogen and oxygen atoms in total. The van der Waals surface area contributed by atoms with Gasteiger partial charge in [0.25, 0.3) is 0 Å². The summed E-state index contributed by atoms with van der Waals surface area (Å²) >= 11 is 0. The number of fused-ring (bicyclic) bond motifs is 1. The number of nitrogens with one attached hydrogen (secondary N) is 2. The molecule has 0 radical (unpaired) electrons. The number of benzene rings is 2. The van der Waals surface area contributed by atoms with Gasteiger partial charge in [-0.05, 0) is 54.1 Å². The minimum absolute atomic E-state index is 0.680. The number of likely N-dealkylation sites (N-methyl/N-ethyl adjacent to an activating group) is 1. The molecule has 0 unspecified atom stereocenters. The summed E-state index contributed by atoms with van der Waals surface area (Å²) in [6.07, 6.45) is 5.69. The first-order valence-electron chi connectivity index (χ1n) is 11.9. The first kappa shape index (κ1) is 21.5. The zero-order valence-corrected chi connectivity index (χ0v) is 19.7. The summed E-state index contributed by atoms with van der Waals surface area (Å²) < 4.78 is 2.13. The quantitative estimate of drug-likeness (QED) is 0.391. The zero-order valence-electron chi connectivity index (χ0n) is 19.7. The van der Waals surface area contributed by atoms with Crippen LogP contribution < -0.4 is 5.32 Å². The van der Waals surface area contributed by atoms with E-state index < -0.39 is 0 Å². The van der Waals surface area contributed by atoms with Crippen LogP contribution in [-0.4, -0.2) is 67.8 Å². The van der Waals surface area contributed by atoms with Crippen LogP contribution in [0.2, 0.25) is 0 Å². The number of anilines is 2. The van der Waals surface area contributed by atoms with Crippen LogP contribution in [0.15, 0.2) is 79.3 Å². The summed E-state index contributed by atoms with van der Waals surface area (Å²) in [6, 6.07) is 21.4. The molecule has 6 rings (SSSR count). The number of H-pyrrole nitrogens is 1. The molecular formula is C27H28N8. The molecular weight excluding hydrogens is 436 g/mol. The van der Waals surface area contributed by atoms with Crippen molar-refractivity contribution in [3.63, 3.8) is 0 Å². The smallest absolute Gasteiger partial charge is 0.172 e. The highest BCUT2D eigenvalue weighted by Crippen LogP contribution is 2.28. The van der Waals surface area contributed by atoms with Gasteiger partial charge in [0.05, 0.1) is 18.1 Å². The lowest BCUT2D eigenvalue weighted by Crippen LogP contribution is -2.43. The molecule has 4 heterocycles. The van der Waals surface area contributed by atoms with Crippen LogP contribution in [-0.2, 0) is 6.54 Å². The van der Waals surface area contributed by atoms with Gasteiger partial charge in [-0.2, -0.15) is 10.3 Å². The van der Waals surface area contributed by atoms with Crippen molar-refractivity contribution in [1.82, 2.24) is 34.6 Å². The fraction of sp³-hybridized carbons (Fsp3) is 0.222. The Bertz CT molecular complexity index is 1430. The molecule has 0 atom stereocenters. The van der Waals surface area contributed by atoms with Gasteiger partial charge in [0.2, 0.25) is 0 Å². The summed E-state index contributed by atoms with van der Waals surface area (Å²) in [5.74, 6) is 0.680. The van der Waals surface area contributed by atoms with E-state index in [9.17, 15) is 0 Å². The van der Waals surface area contributed by atoms with Crippen molar-refractivity contribution in [2.75, 3.05) is 38.5 Å². The first-order valence-corrected chi connectivity index (χ1v) is 11.9. The van der Waals surface area contributed by atoms with Gasteiger partial charge in [0.1, 0.15) is 5.65 Å². The summed E-state index contributed by atoms with van der Waals surface area (Å²) in [7, 11) is 2.20. The predicted molar refractivity (Wildman–Crippen MR) is 139 cm³/mol. The van der Waals surface area contributed by atoms with Crippen molar-refractivity contribution in [1.29, 1.82) is 0 Å². The largest absolute Gasteiger partial charge is 0.337 e. The monoisotopic (exact) mass is 464 g/mol. The molecule has 1 saturated heterocycles. The van der Waals surface area contributed by atoms with E-state index in [2.05, 4.69) is 96.7 Å². The lowest BCUT2D eigenvalue weighted by molar-refractivity contribution is 0.148. The maximum absolute atomic E-state index is 4.71. The van der Waals surface area contributed by atoms with E-state index in [4.69, 9.17) is 4.98 Å². The van der Waals surface area contributed by atoms with Crippen molar-refractivity contribution in [3.8, 4) is 22.4 Å². The Morgan fingerprint density at radius 2 is 1.71 bits per heavy atom. The number of aromatic nitrogens is 5. The predicted octanol–water partition coefficient (Wildman–Crippen LogP) is 4.28. The number of aromatic amines is 1. The Balaban J connectivity index is 1.24. The topological polar surface area (TPSA) is 77.4 Å². The lowest BCUT2D eigenvalue weighted by Gasteiger charge is -2.32. The number of nitrogens with zero attached hydrogens (tertiary/aromatic N) is 6. The highest BCUT2D eigenvalue weighted by molar-refractivity contribution is 5.73. The fourth-order valence-electron chi connectivity index (χ4n) is 4.65. The van der Waals surface area contributed by atoms with Crippen LogP contribution in [0, 0.1) is 0 Å². The third-order valence-electron chi connectivity index (χ3n) is 6.62. The second-order valence-corrected chi connectivity index (χ2v) is 9.13. The lowest BCUT2D eigenvalue weighted by atomic mass is 10.0. The Kier molecular flexibility index (Phi) is 5.73. The molecule has 8 heteroatoms. The third kappa shape index (κ3) is 4.66. The van der Waals surface area contributed by atoms with E-state index in [1.165, 1.54) is 16.7 Å². The van der Waals surface area contributed by atoms with Crippen LogP contribution in [0.5, 0.6) is 0 Å². The number of hydrogen-bond acceptors (Lipinski definition) is 6. The zero-order chi connectivity index (χ0) is 23.6. The molecule has 176 valence electrons. The van der Waals surface area contributed by atoms with Crippen LogP contribution in [0.1, 0.15) is 5.56 Å². The number of imidazole rings is 1. The molecule has 0 amide bonds. The summed E-state index contributed by atoms with van der Waals surface area (Å²) in [6.45, 7) is 5.52. The highest BCUT2D eigenvalue weighted by atomic mass is 15.4. The van der Waals surface area contributed by atoms with Crippen molar-refractivity contribution >= 4 is 17.2 Å². The Hall–Kier alpha value is -4.01. The Morgan fingerprint density at radius 3 is 2.57 bits per heavy atom. The molecule has 1 aliphatic heterocycles. The van der Waals surface area contributed by atoms with Gasteiger partial charge >= 0.3 is 0 Å². The van der Waals surface area contributed by atoms with Gasteiger partial charge in [0, 0.05) is 50.2 Å². The minimum atomic E-state index is 0.680. The van der Waals surface area contributed by atoms with Crippen LogP contribution in [0.4, 0.5) is 11.5 Å². The van der Waals surface area contributed by atoms with Crippen molar-refractivity contribution in [2.45, 2.75) is 6.54 Å². The molecule has 3 aromatic heterocycles. The maximum atomic E-state index is 4.71. The maximum Gasteiger partial charge on any atom is 0.172 e. The Morgan fingerprint density at radius 1 is 0.886 bits per heavy atom. The second-order valence-electron chi connectivity index (χ2n) is 9.13. The van der Waals surface area contributed by atoms with Gasteiger partial charge in [-0.15, -0.1) is 5.10 Å². The van der Waals surface area contributed by atoms with E-state index >= 15 is 0 Å². The van der Waals surface area contributed by atoms with Crippen molar-refractivity contribution in [3.05, 3.63) is 84.8 Å². The first-order chi connectivity index (χ1) is 17.2. The van der Waals surface area contributed by atoms with E-state index in [0.29, 0.717) is 5.82 Å². The second kappa shape index (κ2) is 9.32. The van der Waals surface area contributed by atoms with Gasteiger partial charge in [-0.3, -0.25) is 9.30 Å². The molecule has 2 N–H and O–H groups in total. The molecule has 0 aliphatic carbocycles. The summed E-state index contributed by atoms with van der Waals surface area (Å²) in [5, 5.41) is 13.8. The number of rotatable bonds is 6. The fourth-order valence-corrected chi connectivity index (χ4v) is 4.65. The highest BCUT2D eigenvalue weighted by Gasteiger charge is 2.14. The number of piperazine rings is 1. The molecule has 2 aromatic carbocycles. The molecule has 1 aliphatic rings. The van der Waals surface area contributed by atoms with E-state index in [1.807, 2.05) is 18.3 Å². The van der Waals surface area contributed by atoms with Gasteiger partial charge in [-0.25, -0.2) is 4.98 Å². The van der Waals surface area contributed by atoms with Crippen molar-refractivity contribution in [2.24, 2.45) is 0 Å². The number of hydrogen-bond donors (Lipinski definition) is 2. The van der Waals surface area contributed by atoms with E-state index in [1.54, 1.807) is 6.20 Å². The van der Waals surface area contributed by atoms with Crippen LogP contribution in [0.3, 0.4) is 0 Å². The van der Waals surface area contributed by atoms with Gasteiger partial charge < -0.3 is 10.2 Å². The number of pyridine rings is 1. The average Bonchev–Trinajstić information content (AvgIpc) is 3.55. The third-order valence-corrected chi connectivity index (χ3v) is 6.62. The molecule has 5 aromatic rings. The van der Waals surface area contributed by atoms with Crippen molar-refractivity contribution < 1.29 is 0 Å². The van der Waals surface area contributed by atoms with Gasteiger partial charge in [-0.1, -0.05) is 30.3 Å². The average molecular weight is 465 g/mol. The molecule has 0 bridgehead atoms. The van der Waals surface area contributed by atoms with E-state index in [-0.39, 0.29) is 0 Å². The Labute approximate surface area is 204 Å². The normalized spacial score (nSPS) is 15.0. The molecule has 1 fully saturated rings. The molecule has 35 heavy (non-hydrogen) atoms. The molecule has 0 spiro atoms. The van der Waals surface area contributed by atoms with E-state index in [0.717, 1.165) is 55.3 Å². The van der Waals surface area contributed by atoms with Crippen LogP contribution in [0.25, 0.3) is 28.0 Å². The minimum Gasteiger partial charge on any atom is -0.337 e. The van der Waals surface area contributed by atoms with Gasteiger partial charge in [0.15, 0.2) is 5.82 Å². The van der Waals surface area contributed by atoms with Crippen LogP contribution >= 0.6 is 0 Å². The standard InChI is InChI=1S/C27H28N8/c1-33-10-12-34(13-11-33)19-20-4-2-5-21(14-20)22-8-9-35-25(17-28-27(35)16-22)23-6-3-7-24(15-23)30-26-18-29-32-31-26/h2-9,14-18H,10-13,19H2,1H3,(H2,29,30,31,32).